The summed E-state index contributed by atoms with van der Waals surface area (Å²) < 4.78 is 38.3. The standard InChI is InChI=1S/C23H21N3O5S2/c1-16-6-8-17(9-7-16)33(28,29)21-23(31-20(24-21)18-4-2-14-30-18)26-12-10-25(11-13-26)22(27)19-5-3-15-32-19/h2-9,14-15H,10-13H2,1H3. The van der Waals surface area contributed by atoms with Crippen LogP contribution in [0.15, 0.2) is 78.9 Å². The largest absolute Gasteiger partial charge is 0.459 e. The zero-order valence-electron chi connectivity index (χ0n) is 17.8. The maximum absolute atomic E-state index is 13.5. The molecule has 0 saturated carbocycles. The molecule has 1 aromatic carbocycles. The summed E-state index contributed by atoms with van der Waals surface area (Å²) in [6.45, 7) is 3.61. The molecule has 8 nitrogen and oxygen atoms in total. The Kier molecular flexibility index (Phi) is 5.55. The number of aromatic nitrogens is 1. The number of carbonyl (C=O) groups excluding carboxylic acids is 1. The topological polar surface area (TPSA) is 96.9 Å². The number of oxazole rings is 1. The molecule has 1 saturated heterocycles. The van der Waals surface area contributed by atoms with Crippen molar-refractivity contribution >= 4 is 33.0 Å². The molecule has 0 bridgehead atoms. The second kappa shape index (κ2) is 8.53. The zero-order valence-corrected chi connectivity index (χ0v) is 19.4. The van der Waals surface area contributed by atoms with E-state index in [0.29, 0.717) is 36.8 Å². The van der Waals surface area contributed by atoms with Crippen LogP contribution in [-0.2, 0) is 9.84 Å². The smallest absolute Gasteiger partial charge is 0.266 e. The van der Waals surface area contributed by atoms with Crippen molar-refractivity contribution in [2.45, 2.75) is 16.8 Å². The first-order chi connectivity index (χ1) is 15.9. The van der Waals surface area contributed by atoms with Crippen LogP contribution < -0.4 is 4.90 Å². The first-order valence-corrected chi connectivity index (χ1v) is 12.7. The van der Waals surface area contributed by atoms with Crippen molar-refractivity contribution in [3.05, 3.63) is 70.6 Å². The summed E-state index contributed by atoms with van der Waals surface area (Å²) in [5.74, 6) is 0.571. The van der Waals surface area contributed by atoms with Gasteiger partial charge in [-0.05, 0) is 42.6 Å². The highest BCUT2D eigenvalue weighted by Gasteiger charge is 2.34. The minimum Gasteiger partial charge on any atom is -0.459 e. The van der Waals surface area contributed by atoms with Gasteiger partial charge in [-0.25, -0.2) is 8.42 Å². The first kappa shape index (κ1) is 21.5. The van der Waals surface area contributed by atoms with Gasteiger partial charge in [-0.3, -0.25) is 4.79 Å². The SMILES string of the molecule is Cc1ccc(S(=O)(=O)c2nc(-c3ccco3)oc2N2CCN(C(=O)c3cccs3)CC2)cc1. The number of nitrogens with zero attached hydrogens (tertiary/aromatic N) is 3. The van der Waals surface area contributed by atoms with Gasteiger partial charge >= 0.3 is 0 Å². The van der Waals surface area contributed by atoms with Crippen LogP contribution in [0.4, 0.5) is 5.88 Å². The van der Waals surface area contributed by atoms with Crippen molar-refractivity contribution < 1.29 is 22.0 Å². The van der Waals surface area contributed by atoms with Crippen LogP contribution in [0.3, 0.4) is 0 Å². The molecular weight excluding hydrogens is 462 g/mol. The molecule has 1 aliphatic heterocycles. The molecule has 0 unspecified atom stereocenters. The summed E-state index contributed by atoms with van der Waals surface area (Å²) in [4.78, 5) is 21.4. The first-order valence-electron chi connectivity index (χ1n) is 10.4. The fourth-order valence-corrected chi connectivity index (χ4v) is 5.69. The van der Waals surface area contributed by atoms with Crippen molar-refractivity contribution in [1.82, 2.24) is 9.88 Å². The Hall–Kier alpha value is -3.37. The number of hydrogen-bond acceptors (Lipinski definition) is 8. The average Bonchev–Trinajstić information content (AvgIpc) is 3.60. The van der Waals surface area contributed by atoms with Gasteiger partial charge in [-0.2, -0.15) is 4.98 Å². The van der Waals surface area contributed by atoms with E-state index in [-0.39, 0.29) is 27.6 Å². The molecule has 3 aromatic heterocycles. The number of aryl methyl sites for hydroxylation is 1. The van der Waals surface area contributed by atoms with Crippen molar-refractivity contribution in [2.24, 2.45) is 0 Å². The van der Waals surface area contributed by atoms with E-state index in [2.05, 4.69) is 4.98 Å². The lowest BCUT2D eigenvalue weighted by Crippen LogP contribution is -2.48. The molecule has 4 aromatic rings. The molecule has 0 atom stereocenters. The molecule has 1 fully saturated rings. The van der Waals surface area contributed by atoms with Gasteiger partial charge in [0.25, 0.3) is 11.8 Å². The average molecular weight is 484 g/mol. The third kappa shape index (κ3) is 4.07. The van der Waals surface area contributed by atoms with E-state index in [9.17, 15) is 13.2 Å². The van der Waals surface area contributed by atoms with E-state index >= 15 is 0 Å². The maximum atomic E-state index is 13.5. The summed E-state index contributed by atoms with van der Waals surface area (Å²) in [6.07, 6.45) is 1.47. The number of rotatable bonds is 5. The van der Waals surface area contributed by atoms with E-state index in [1.54, 1.807) is 47.4 Å². The minimum absolute atomic E-state index is 0.0222. The normalized spacial score (nSPS) is 14.6. The summed E-state index contributed by atoms with van der Waals surface area (Å²) in [7, 11) is -3.94. The molecule has 5 rings (SSSR count). The molecule has 10 heteroatoms. The Balaban J connectivity index is 1.47. The van der Waals surface area contributed by atoms with Crippen LogP contribution >= 0.6 is 11.3 Å². The number of furan rings is 1. The Bertz CT molecular complexity index is 1350. The summed E-state index contributed by atoms with van der Waals surface area (Å²) in [5.41, 5.74) is 0.956. The molecular formula is C23H21N3O5S2. The lowest BCUT2D eigenvalue weighted by Gasteiger charge is -2.34. The Labute approximate surface area is 195 Å². The summed E-state index contributed by atoms with van der Waals surface area (Å²) >= 11 is 1.40. The van der Waals surface area contributed by atoms with Gasteiger partial charge in [0, 0.05) is 26.2 Å². The van der Waals surface area contributed by atoms with Gasteiger partial charge in [-0.15, -0.1) is 11.3 Å². The van der Waals surface area contributed by atoms with Crippen LogP contribution in [0.25, 0.3) is 11.7 Å². The number of sulfone groups is 1. The third-order valence-electron chi connectivity index (χ3n) is 5.48. The van der Waals surface area contributed by atoms with Gasteiger partial charge in [0.1, 0.15) is 0 Å². The van der Waals surface area contributed by atoms with Gasteiger partial charge in [-0.1, -0.05) is 23.8 Å². The molecule has 1 aliphatic rings. The van der Waals surface area contributed by atoms with Crippen LogP contribution in [0.5, 0.6) is 0 Å². The van der Waals surface area contributed by atoms with Gasteiger partial charge in [0.05, 0.1) is 16.0 Å². The number of amides is 1. The summed E-state index contributed by atoms with van der Waals surface area (Å²) in [6, 6.07) is 13.6. The predicted octanol–water partition coefficient (Wildman–Crippen LogP) is 4.10. The number of benzene rings is 1. The quantitative estimate of drug-likeness (QED) is 0.422. The molecule has 1 amide bonds. The van der Waals surface area contributed by atoms with E-state index in [1.807, 2.05) is 23.3 Å². The molecule has 4 heterocycles. The van der Waals surface area contributed by atoms with Crippen molar-refractivity contribution in [3.63, 3.8) is 0 Å². The number of piperazine rings is 1. The molecule has 33 heavy (non-hydrogen) atoms. The van der Waals surface area contributed by atoms with Crippen molar-refractivity contribution in [3.8, 4) is 11.7 Å². The van der Waals surface area contributed by atoms with Crippen LogP contribution in [0.1, 0.15) is 15.2 Å². The second-order valence-electron chi connectivity index (χ2n) is 7.68. The van der Waals surface area contributed by atoms with Crippen LogP contribution in [-0.4, -0.2) is 50.4 Å². The fourth-order valence-electron chi connectivity index (χ4n) is 3.68. The molecule has 0 radical (unpaired) electrons. The summed E-state index contributed by atoms with van der Waals surface area (Å²) in [5, 5.41) is 1.71. The third-order valence-corrected chi connectivity index (χ3v) is 8.01. The van der Waals surface area contributed by atoms with E-state index in [1.165, 1.54) is 17.6 Å². The predicted molar refractivity (Wildman–Crippen MR) is 123 cm³/mol. The van der Waals surface area contributed by atoms with Gasteiger partial charge in [0.15, 0.2) is 5.76 Å². The van der Waals surface area contributed by atoms with Gasteiger partial charge in [0.2, 0.25) is 20.7 Å². The fraction of sp³-hybridized carbons (Fsp3) is 0.217. The number of anilines is 1. The highest BCUT2D eigenvalue weighted by atomic mass is 32.2. The molecule has 170 valence electrons. The van der Waals surface area contributed by atoms with Crippen LogP contribution in [0.2, 0.25) is 0 Å². The Morgan fingerprint density at radius 1 is 1.03 bits per heavy atom. The number of hydrogen-bond donors (Lipinski definition) is 0. The van der Waals surface area contributed by atoms with E-state index in [0.717, 1.165) is 5.56 Å². The van der Waals surface area contributed by atoms with Crippen molar-refractivity contribution in [2.75, 3.05) is 31.1 Å². The number of thiophene rings is 1. The van der Waals surface area contributed by atoms with Crippen molar-refractivity contribution in [1.29, 1.82) is 0 Å². The monoisotopic (exact) mass is 483 g/mol. The maximum Gasteiger partial charge on any atom is 0.266 e. The Morgan fingerprint density at radius 3 is 2.42 bits per heavy atom. The highest BCUT2D eigenvalue weighted by molar-refractivity contribution is 7.91. The van der Waals surface area contributed by atoms with Crippen LogP contribution in [0, 0.1) is 6.92 Å². The van der Waals surface area contributed by atoms with Gasteiger partial charge < -0.3 is 18.6 Å². The second-order valence-corrected chi connectivity index (χ2v) is 10.5. The number of carbonyl (C=O) groups is 1. The zero-order chi connectivity index (χ0) is 23.0. The molecule has 0 aliphatic carbocycles. The minimum atomic E-state index is -3.94. The lowest BCUT2D eigenvalue weighted by atomic mass is 10.2. The van der Waals surface area contributed by atoms with E-state index in [4.69, 9.17) is 8.83 Å². The highest BCUT2D eigenvalue weighted by Crippen LogP contribution is 2.35. The van der Waals surface area contributed by atoms with E-state index < -0.39 is 9.84 Å². The molecule has 0 N–H and O–H groups in total. The Morgan fingerprint density at radius 2 is 1.79 bits per heavy atom. The lowest BCUT2D eigenvalue weighted by molar-refractivity contribution is 0.0750. The molecule has 0 spiro atoms.